The van der Waals surface area contributed by atoms with E-state index in [0.29, 0.717) is 0 Å². The van der Waals surface area contributed by atoms with Crippen LogP contribution in [0.2, 0.25) is 0 Å². The predicted molar refractivity (Wildman–Crippen MR) is 161 cm³/mol. The van der Waals surface area contributed by atoms with E-state index in [9.17, 15) is 43.8 Å². The number of alkyl carbamates (subject to hydrolysis) is 2. The molecule has 0 spiro atoms. The van der Waals surface area contributed by atoms with Crippen molar-refractivity contribution in [1.29, 1.82) is 0 Å². The minimum atomic E-state index is -1.41. The van der Waals surface area contributed by atoms with Gasteiger partial charge in [0.2, 0.25) is 5.82 Å². The predicted octanol–water partition coefficient (Wildman–Crippen LogP) is 0.759. The molecular formula is C28H38FN4NaO14. The molecule has 262 valence electrons. The Labute approximate surface area is 297 Å². The number of aliphatic hydroxyl groups excluding tert-OH is 1. The molecule has 0 aliphatic carbocycles. The maximum atomic E-state index is 12.4. The van der Waals surface area contributed by atoms with E-state index in [0.717, 1.165) is 12.1 Å². The molecule has 0 saturated carbocycles. The first kappa shape index (κ1) is 45.5. The van der Waals surface area contributed by atoms with Gasteiger partial charge in [-0.1, -0.05) is 24.3 Å². The Kier molecular flexibility index (Phi) is 20.2. The number of aliphatic carboxylic acids is 2. The van der Waals surface area contributed by atoms with Crippen molar-refractivity contribution in [3.8, 4) is 5.75 Å². The molecule has 0 saturated heterocycles. The number of carbonyl (C=O) groups excluding carboxylic acids is 2. The van der Waals surface area contributed by atoms with Gasteiger partial charge in [-0.05, 0) is 53.7 Å². The molecular weight excluding hydrogens is 658 g/mol. The quantitative estimate of drug-likeness (QED) is 0.130. The summed E-state index contributed by atoms with van der Waals surface area (Å²) in [6, 6.07) is 7.79. The zero-order valence-electron chi connectivity index (χ0n) is 28.3. The van der Waals surface area contributed by atoms with Crippen molar-refractivity contribution in [3.05, 3.63) is 74.6 Å². The maximum absolute atomic E-state index is 12.4. The average molecular weight is 697 g/mol. The molecule has 0 bridgehead atoms. The summed E-state index contributed by atoms with van der Waals surface area (Å²) >= 11 is 0. The van der Waals surface area contributed by atoms with Gasteiger partial charge in [0, 0.05) is 12.1 Å². The Bertz CT molecular complexity index is 1410. The number of rotatable bonds is 10. The third-order valence-corrected chi connectivity index (χ3v) is 4.68. The van der Waals surface area contributed by atoms with E-state index in [1.165, 1.54) is 36.4 Å². The molecule has 2 atom stereocenters. The van der Waals surface area contributed by atoms with E-state index in [-0.39, 0.29) is 42.4 Å². The van der Waals surface area contributed by atoms with Crippen LogP contribution in [0.3, 0.4) is 0 Å². The summed E-state index contributed by atoms with van der Waals surface area (Å²) in [4.78, 5) is 63.6. The Morgan fingerprint density at radius 3 is 1.54 bits per heavy atom. The second-order valence-corrected chi connectivity index (χ2v) is 11.0. The van der Waals surface area contributed by atoms with Crippen molar-refractivity contribution >= 4 is 35.5 Å². The van der Waals surface area contributed by atoms with Crippen LogP contribution in [0.1, 0.15) is 43.0 Å². The standard InChI is InChI=1S/C14H18N2O7.C8H15NO5.C6H4FNO2.Na.H/c1-14(2,3)23-13(19)15-9(12(17)18)8-22-11-7-5-4-6-10(11)16(20)21;1-8(2,3)14-7(13)9-5(4-10)6(11)12;7-5-3-1-2-4-6(5)8(9)10;;/h4-7,9H,8H2,1-3H3,(H,15,19)(H,17,18);5,10H,4H2,1-3H3,(H,9,13)(H,11,12);1-4H;;/q;;;+1;-1/t9-;5-;;;/m00.../s1. The molecule has 0 heterocycles. The van der Waals surface area contributed by atoms with Crippen molar-refractivity contribution in [2.75, 3.05) is 13.2 Å². The molecule has 0 unspecified atom stereocenters. The first-order valence-electron chi connectivity index (χ1n) is 13.4. The number of benzene rings is 2. The van der Waals surface area contributed by atoms with Crippen LogP contribution >= 0.6 is 0 Å². The summed E-state index contributed by atoms with van der Waals surface area (Å²) in [5.74, 6) is -3.55. The molecule has 18 nitrogen and oxygen atoms in total. The number of ether oxygens (including phenoxy) is 3. The average Bonchev–Trinajstić information content (AvgIpc) is 2.92. The van der Waals surface area contributed by atoms with Crippen molar-refractivity contribution in [2.24, 2.45) is 0 Å². The number of halogens is 1. The van der Waals surface area contributed by atoms with E-state index < -0.39 is 82.0 Å². The molecule has 0 aromatic heterocycles. The third-order valence-electron chi connectivity index (χ3n) is 4.68. The first-order chi connectivity index (χ1) is 21.6. The first-order valence-corrected chi connectivity index (χ1v) is 13.4. The molecule has 2 amide bonds. The van der Waals surface area contributed by atoms with Crippen LogP contribution in [0.5, 0.6) is 5.75 Å². The SMILES string of the molecule is CC(C)(C)OC(=O)N[C@@H](CO)C(=O)O.CC(C)(C)OC(=O)N[C@@H](COc1ccccc1[N+](=O)[O-])C(=O)O.O=[N+]([O-])c1ccccc1F.[H-].[Na+]. The van der Waals surface area contributed by atoms with Gasteiger partial charge >= 0.3 is 65.1 Å². The molecule has 2 rings (SSSR count). The third kappa shape index (κ3) is 19.8. The molecule has 48 heavy (non-hydrogen) atoms. The largest absolute Gasteiger partial charge is 1.00 e. The zero-order chi connectivity index (χ0) is 36.5. The van der Waals surface area contributed by atoms with Gasteiger partial charge < -0.3 is 41.6 Å². The topological polar surface area (TPSA) is 267 Å². The fourth-order valence-electron chi connectivity index (χ4n) is 2.76. The van der Waals surface area contributed by atoms with Gasteiger partial charge in [0.25, 0.3) is 0 Å². The summed E-state index contributed by atoms with van der Waals surface area (Å²) in [5.41, 5.74) is -2.26. The van der Waals surface area contributed by atoms with Crippen molar-refractivity contribution < 1.29 is 93.9 Å². The van der Waals surface area contributed by atoms with Crippen molar-refractivity contribution in [3.63, 3.8) is 0 Å². The van der Waals surface area contributed by atoms with E-state index >= 15 is 0 Å². The molecule has 0 fully saturated rings. The van der Waals surface area contributed by atoms with E-state index in [2.05, 4.69) is 5.32 Å². The number of carbonyl (C=O) groups is 4. The Balaban J connectivity index is -0.000000696. The molecule has 0 aliphatic heterocycles. The van der Waals surface area contributed by atoms with Crippen LogP contribution in [-0.2, 0) is 19.1 Å². The minimum absolute atomic E-state index is 0. The minimum Gasteiger partial charge on any atom is -1.00 e. The molecule has 2 aromatic rings. The number of carboxylic acid groups (broad SMARTS) is 2. The van der Waals surface area contributed by atoms with E-state index in [4.69, 9.17) is 29.5 Å². The Hall–Kier alpha value is -4.59. The van der Waals surface area contributed by atoms with Gasteiger partial charge in [-0.25, -0.2) is 19.2 Å². The van der Waals surface area contributed by atoms with Gasteiger partial charge in [-0.15, -0.1) is 0 Å². The number of para-hydroxylation sites is 3. The van der Waals surface area contributed by atoms with Crippen LogP contribution < -0.4 is 44.9 Å². The number of nitro benzene ring substituents is 2. The van der Waals surface area contributed by atoms with E-state index in [1.807, 2.05) is 5.32 Å². The fourth-order valence-corrected chi connectivity index (χ4v) is 2.76. The number of amides is 2. The van der Waals surface area contributed by atoms with Gasteiger partial charge in [0.15, 0.2) is 17.8 Å². The number of hydrogen-bond acceptors (Lipinski definition) is 12. The van der Waals surface area contributed by atoms with Crippen LogP contribution in [-0.4, -0.2) is 85.8 Å². The molecule has 0 radical (unpaired) electrons. The smallest absolute Gasteiger partial charge is 1.00 e. The second-order valence-electron chi connectivity index (χ2n) is 11.0. The normalized spacial score (nSPS) is 11.6. The number of nitro groups is 2. The summed E-state index contributed by atoms with van der Waals surface area (Å²) in [7, 11) is 0. The fraction of sp³-hybridized carbons (Fsp3) is 0.429. The number of carboxylic acids is 2. The van der Waals surface area contributed by atoms with Crippen LogP contribution in [0, 0.1) is 26.0 Å². The van der Waals surface area contributed by atoms with Crippen LogP contribution in [0.15, 0.2) is 48.5 Å². The summed E-state index contributed by atoms with van der Waals surface area (Å²) in [5, 5.41) is 51.2. The maximum Gasteiger partial charge on any atom is 1.00 e. The summed E-state index contributed by atoms with van der Waals surface area (Å²) in [6.45, 7) is 8.70. The van der Waals surface area contributed by atoms with Crippen molar-refractivity contribution in [1.82, 2.24) is 10.6 Å². The second kappa shape index (κ2) is 21.3. The number of hydrogen-bond donors (Lipinski definition) is 5. The van der Waals surface area contributed by atoms with Gasteiger partial charge in [0.1, 0.15) is 17.8 Å². The van der Waals surface area contributed by atoms with Gasteiger partial charge in [0.05, 0.1) is 16.5 Å². The zero-order valence-corrected chi connectivity index (χ0v) is 29.3. The number of nitrogens with zero attached hydrogens (tertiary/aromatic N) is 2. The van der Waals surface area contributed by atoms with Crippen molar-refractivity contribution in [2.45, 2.75) is 64.8 Å². The monoisotopic (exact) mass is 696 g/mol. The van der Waals surface area contributed by atoms with Gasteiger partial charge in [-0.3, -0.25) is 20.2 Å². The Morgan fingerprint density at radius 1 is 0.792 bits per heavy atom. The number of nitrogens with one attached hydrogen (secondary N) is 2. The molecule has 5 N–H and O–H groups in total. The molecule has 20 heteroatoms. The molecule has 0 aliphatic rings. The number of aliphatic hydroxyl groups is 1. The summed E-state index contributed by atoms with van der Waals surface area (Å²) < 4.78 is 27.3. The summed E-state index contributed by atoms with van der Waals surface area (Å²) in [6.07, 6.45) is -1.78. The van der Waals surface area contributed by atoms with Crippen LogP contribution in [0.4, 0.5) is 25.4 Å². The Morgan fingerprint density at radius 2 is 1.19 bits per heavy atom. The van der Waals surface area contributed by atoms with Crippen LogP contribution in [0.25, 0.3) is 0 Å². The van der Waals surface area contributed by atoms with E-state index in [1.54, 1.807) is 41.5 Å². The molecule has 2 aromatic carbocycles. The van der Waals surface area contributed by atoms with Gasteiger partial charge in [-0.2, -0.15) is 4.39 Å².